The molecule has 0 saturated heterocycles. The van der Waals surface area contributed by atoms with Crippen LogP contribution in [-0.4, -0.2) is 11.0 Å². The van der Waals surface area contributed by atoms with E-state index >= 15 is 0 Å². The van der Waals surface area contributed by atoms with Crippen molar-refractivity contribution < 1.29 is 0 Å². The first-order chi connectivity index (χ1) is 7.74. The Bertz CT molecular complexity index is 321. The summed E-state index contributed by atoms with van der Waals surface area (Å²) < 4.78 is 0. The molecule has 1 fully saturated rings. The lowest BCUT2D eigenvalue weighted by molar-refractivity contribution is 0.448. The highest BCUT2D eigenvalue weighted by Gasteiger charge is 2.15. The molecule has 0 bridgehead atoms. The lowest BCUT2D eigenvalue weighted by Crippen LogP contribution is -2.27. The van der Waals surface area contributed by atoms with Crippen LogP contribution in [0.5, 0.6) is 0 Å². The number of thiazole rings is 1. The second-order valence-electron chi connectivity index (χ2n) is 5.04. The van der Waals surface area contributed by atoms with Gasteiger partial charge in [-0.15, -0.1) is 11.3 Å². The van der Waals surface area contributed by atoms with Crippen molar-refractivity contribution in [3.05, 3.63) is 16.1 Å². The lowest BCUT2D eigenvalue weighted by Gasteiger charge is -2.15. The van der Waals surface area contributed by atoms with E-state index in [1.807, 2.05) is 17.5 Å². The van der Waals surface area contributed by atoms with Crippen molar-refractivity contribution in [2.24, 2.45) is 5.92 Å². The molecule has 2 unspecified atom stereocenters. The maximum atomic E-state index is 4.29. The largest absolute Gasteiger partial charge is 0.309 e. The summed E-state index contributed by atoms with van der Waals surface area (Å²) in [5.74, 6) is 0.928. The molecule has 0 aliphatic heterocycles. The fourth-order valence-corrected chi connectivity index (χ4v) is 3.17. The molecule has 0 aromatic carbocycles. The number of aryl methyl sites for hydroxylation is 1. The summed E-state index contributed by atoms with van der Waals surface area (Å²) in [6.45, 7) is 5.46. The summed E-state index contributed by atoms with van der Waals surface area (Å²) in [7, 11) is 0. The molecule has 0 spiro atoms. The predicted octanol–water partition coefficient (Wildman–Crippen LogP) is 3.51. The van der Waals surface area contributed by atoms with Crippen LogP contribution in [-0.2, 0) is 6.54 Å². The third kappa shape index (κ3) is 3.56. The first kappa shape index (κ1) is 12.1. The quantitative estimate of drug-likeness (QED) is 0.815. The Morgan fingerprint density at radius 1 is 1.38 bits per heavy atom. The molecule has 1 saturated carbocycles. The van der Waals surface area contributed by atoms with E-state index in [0.717, 1.165) is 18.5 Å². The van der Waals surface area contributed by atoms with Crippen molar-refractivity contribution in [3.63, 3.8) is 0 Å². The third-order valence-corrected chi connectivity index (χ3v) is 4.40. The van der Waals surface area contributed by atoms with Gasteiger partial charge in [-0.05, 0) is 32.1 Å². The molecule has 3 heteroatoms. The molecule has 90 valence electrons. The highest BCUT2D eigenvalue weighted by molar-refractivity contribution is 7.11. The summed E-state index contributed by atoms with van der Waals surface area (Å²) in [6.07, 6.45) is 8.89. The van der Waals surface area contributed by atoms with Gasteiger partial charge < -0.3 is 5.32 Å². The number of hydrogen-bond acceptors (Lipinski definition) is 3. The van der Waals surface area contributed by atoms with Crippen LogP contribution in [0.2, 0.25) is 0 Å². The monoisotopic (exact) mass is 238 g/mol. The van der Waals surface area contributed by atoms with Crippen LogP contribution in [0.1, 0.15) is 48.9 Å². The first-order valence-corrected chi connectivity index (χ1v) is 7.20. The zero-order valence-electron chi connectivity index (χ0n) is 10.3. The number of rotatable bonds is 3. The van der Waals surface area contributed by atoms with Crippen molar-refractivity contribution in [2.75, 3.05) is 0 Å². The average Bonchev–Trinajstić information content (AvgIpc) is 2.56. The van der Waals surface area contributed by atoms with E-state index in [-0.39, 0.29) is 0 Å². The molecule has 1 aliphatic carbocycles. The van der Waals surface area contributed by atoms with Gasteiger partial charge in [-0.25, -0.2) is 4.98 Å². The van der Waals surface area contributed by atoms with Crippen LogP contribution in [0, 0.1) is 12.8 Å². The van der Waals surface area contributed by atoms with Crippen LogP contribution in [0.25, 0.3) is 0 Å². The summed E-state index contributed by atoms with van der Waals surface area (Å²) in [6, 6.07) is 0.729. The smallest absolute Gasteiger partial charge is 0.0897 e. The van der Waals surface area contributed by atoms with E-state index in [9.17, 15) is 0 Å². The summed E-state index contributed by atoms with van der Waals surface area (Å²) in [5, 5.41) is 4.85. The van der Waals surface area contributed by atoms with Gasteiger partial charge in [-0.3, -0.25) is 0 Å². The maximum Gasteiger partial charge on any atom is 0.0897 e. The molecular formula is C13H22N2S. The molecule has 1 aliphatic rings. The number of hydrogen-bond donors (Lipinski definition) is 1. The first-order valence-electron chi connectivity index (χ1n) is 6.38. The minimum absolute atomic E-state index is 0.729. The zero-order chi connectivity index (χ0) is 11.4. The summed E-state index contributed by atoms with van der Waals surface area (Å²) in [5.41, 5.74) is 0. The minimum atomic E-state index is 0.729. The standard InChI is InChI=1S/C13H22N2S/c1-10-4-3-5-12(7-6-10)15-9-13-8-14-11(2)16-13/h8,10,12,15H,3-7,9H2,1-2H3. The van der Waals surface area contributed by atoms with E-state index in [0.29, 0.717) is 0 Å². The summed E-state index contributed by atoms with van der Waals surface area (Å²) >= 11 is 1.81. The minimum Gasteiger partial charge on any atom is -0.309 e. The normalized spacial score (nSPS) is 26.6. The molecule has 2 rings (SSSR count). The molecular weight excluding hydrogens is 216 g/mol. The number of nitrogens with zero attached hydrogens (tertiary/aromatic N) is 1. The van der Waals surface area contributed by atoms with Gasteiger partial charge in [-0.2, -0.15) is 0 Å². The third-order valence-electron chi connectivity index (χ3n) is 3.49. The van der Waals surface area contributed by atoms with Crippen molar-refractivity contribution in [2.45, 2.75) is 58.5 Å². The van der Waals surface area contributed by atoms with Gasteiger partial charge in [0.05, 0.1) is 5.01 Å². The van der Waals surface area contributed by atoms with Crippen molar-refractivity contribution in [1.29, 1.82) is 0 Å². The average molecular weight is 238 g/mol. The van der Waals surface area contributed by atoms with Crippen LogP contribution < -0.4 is 5.32 Å². The van der Waals surface area contributed by atoms with Crippen LogP contribution >= 0.6 is 11.3 Å². The van der Waals surface area contributed by atoms with Gasteiger partial charge in [0.1, 0.15) is 0 Å². The van der Waals surface area contributed by atoms with Gasteiger partial charge >= 0.3 is 0 Å². The van der Waals surface area contributed by atoms with Crippen LogP contribution in [0.4, 0.5) is 0 Å². The number of aromatic nitrogens is 1. The van der Waals surface area contributed by atoms with Crippen LogP contribution in [0.3, 0.4) is 0 Å². The molecule has 16 heavy (non-hydrogen) atoms. The Kier molecular flexibility index (Phi) is 4.36. The van der Waals surface area contributed by atoms with Gasteiger partial charge in [0.25, 0.3) is 0 Å². The lowest BCUT2D eigenvalue weighted by atomic mass is 10.0. The van der Waals surface area contributed by atoms with E-state index in [4.69, 9.17) is 0 Å². The van der Waals surface area contributed by atoms with Gasteiger partial charge in [-0.1, -0.05) is 19.8 Å². The zero-order valence-corrected chi connectivity index (χ0v) is 11.1. The summed E-state index contributed by atoms with van der Waals surface area (Å²) in [4.78, 5) is 5.66. The van der Waals surface area contributed by atoms with Crippen molar-refractivity contribution in [1.82, 2.24) is 10.3 Å². The molecule has 2 atom stereocenters. The van der Waals surface area contributed by atoms with Crippen molar-refractivity contribution >= 4 is 11.3 Å². The molecule has 1 aromatic heterocycles. The predicted molar refractivity (Wildman–Crippen MR) is 69.7 cm³/mol. The van der Waals surface area contributed by atoms with E-state index in [1.165, 1.54) is 42.0 Å². The topological polar surface area (TPSA) is 24.9 Å². The Labute approximate surface area is 102 Å². The number of nitrogens with one attached hydrogen (secondary N) is 1. The fourth-order valence-electron chi connectivity index (χ4n) is 2.42. The molecule has 1 heterocycles. The molecule has 2 nitrogen and oxygen atoms in total. The van der Waals surface area contributed by atoms with E-state index < -0.39 is 0 Å². The Morgan fingerprint density at radius 3 is 3.00 bits per heavy atom. The second-order valence-corrected chi connectivity index (χ2v) is 6.36. The van der Waals surface area contributed by atoms with E-state index in [1.54, 1.807) is 0 Å². The SMILES string of the molecule is Cc1ncc(CNC2CCCC(C)CC2)s1. The van der Waals surface area contributed by atoms with E-state index in [2.05, 4.69) is 24.1 Å². The highest BCUT2D eigenvalue weighted by Crippen LogP contribution is 2.23. The molecule has 1 aromatic rings. The highest BCUT2D eigenvalue weighted by atomic mass is 32.1. The molecule has 0 amide bonds. The Balaban J connectivity index is 1.77. The molecule has 0 radical (unpaired) electrons. The van der Waals surface area contributed by atoms with Crippen molar-refractivity contribution in [3.8, 4) is 0 Å². The molecule has 1 N–H and O–H groups in total. The Hall–Kier alpha value is -0.410. The second kappa shape index (κ2) is 5.78. The maximum absolute atomic E-state index is 4.29. The van der Waals surface area contributed by atoms with Gasteiger partial charge in [0, 0.05) is 23.7 Å². The Morgan fingerprint density at radius 2 is 2.25 bits per heavy atom. The van der Waals surface area contributed by atoms with Gasteiger partial charge in [0.2, 0.25) is 0 Å². The fraction of sp³-hybridized carbons (Fsp3) is 0.769. The van der Waals surface area contributed by atoms with Gasteiger partial charge in [0.15, 0.2) is 0 Å². The van der Waals surface area contributed by atoms with Crippen LogP contribution in [0.15, 0.2) is 6.20 Å².